The van der Waals surface area contributed by atoms with Gasteiger partial charge in [-0.3, -0.25) is 0 Å². The van der Waals surface area contributed by atoms with Gasteiger partial charge in [0, 0.05) is 0 Å². The zero-order valence-electron chi connectivity index (χ0n) is 31.5. The van der Waals surface area contributed by atoms with Crippen molar-refractivity contribution in [3.8, 4) is 0 Å². The van der Waals surface area contributed by atoms with E-state index in [0.29, 0.717) is 0 Å². The van der Waals surface area contributed by atoms with E-state index in [1.54, 1.807) is 11.1 Å². The van der Waals surface area contributed by atoms with E-state index in [0.717, 1.165) is 12.8 Å². The minimum atomic E-state index is -0.00454. The van der Waals surface area contributed by atoms with Gasteiger partial charge in [0.05, 0.1) is 0 Å². The van der Waals surface area contributed by atoms with Crippen LogP contribution in [0.5, 0.6) is 0 Å². The molecule has 4 aromatic rings. The number of fused-ring (bicyclic) bond motifs is 4. The number of hydrogen-bond donors (Lipinski definition) is 0. The van der Waals surface area contributed by atoms with Gasteiger partial charge < -0.3 is 0 Å². The maximum atomic E-state index is 4.19. The lowest BCUT2D eigenvalue weighted by molar-refractivity contribution is 0.329. The fourth-order valence-electron chi connectivity index (χ4n) is 9.53. The highest BCUT2D eigenvalue weighted by atomic mass is 14.5. The number of allylic oxidation sites excluding steroid dienone is 4. The molecule has 0 heteroatoms. The van der Waals surface area contributed by atoms with Crippen molar-refractivity contribution >= 4 is 17.2 Å². The molecule has 249 valence electrons. The zero-order chi connectivity index (χ0) is 34.7. The van der Waals surface area contributed by atoms with E-state index in [4.69, 9.17) is 0 Å². The Morgan fingerprint density at radius 2 is 1.12 bits per heavy atom. The summed E-state index contributed by atoms with van der Waals surface area (Å²) in [6.07, 6.45) is 16.9. The standard InChI is InChI=1S/C49H53/c1-30-15-19-33(20-16-30)40(34-21-17-31(2)18-22-34)43-42-36-29-39-38(46(3,4)23-24-47(39,5)6)28-35(36)27-37(42)41(32-13-11-12-14-32)44-45(43)49(9,10)26-25-48(44,7)8/h11-13,15-22,28-29H,14,23-26H2,1-10H3. The molecular formula is C49H53. The smallest absolute Gasteiger partial charge is 0.000708 e. The van der Waals surface area contributed by atoms with E-state index in [1.165, 1.54) is 95.8 Å². The Bertz CT molecular complexity index is 2280. The van der Waals surface area contributed by atoms with E-state index < -0.39 is 0 Å². The van der Waals surface area contributed by atoms with Crippen LogP contribution in [0, 0.1) is 24.3 Å². The molecule has 0 heterocycles. The molecule has 0 unspecified atom stereocenters. The van der Waals surface area contributed by atoms with Crippen LogP contribution in [0.25, 0.3) is 17.2 Å². The average molecular weight is 642 g/mol. The first-order valence-corrected chi connectivity index (χ1v) is 18.7. The number of hydrogen-bond acceptors (Lipinski definition) is 0. The fourth-order valence-corrected chi connectivity index (χ4v) is 9.53. The van der Waals surface area contributed by atoms with Crippen molar-refractivity contribution in [2.45, 2.75) is 123 Å². The molecule has 0 atom stereocenters. The second kappa shape index (κ2) is 10.8. The summed E-state index contributed by atoms with van der Waals surface area (Å²) in [4.78, 5) is 0. The second-order valence-electron chi connectivity index (χ2n) is 18.3. The first kappa shape index (κ1) is 32.3. The molecule has 0 saturated carbocycles. The quantitative estimate of drug-likeness (QED) is 0.184. The maximum absolute atomic E-state index is 4.19. The molecule has 0 saturated heterocycles. The predicted octanol–water partition coefficient (Wildman–Crippen LogP) is 10.9. The fraction of sp³-hybridized carbons (Fsp3) is 0.388. The van der Waals surface area contributed by atoms with E-state index in [2.05, 4.69) is 154 Å². The molecule has 0 aliphatic heterocycles. The number of rotatable bonds is 3. The highest BCUT2D eigenvalue weighted by molar-refractivity contribution is 5.87. The van der Waals surface area contributed by atoms with Gasteiger partial charge in [-0.05, 0) is 162 Å². The molecule has 0 nitrogen and oxygen atoms in total. The van der Waals surface area contributed by atoms with Gasteiger partial charge >= 0.3 is 0 Å². The van der Waals surface area contributed by atoms with Crippen LogP contribution in [0.1, 0.15) is 143 Å². The minimum absolute atomic E-state index is 0.00454. The van der Waals surface area contributed by atoms with Crippen molar-refractivity contribution in [1.82, 2.24) is 0 Å². The van der Waals surface area contributed by atoms with Crippen molar-refractivity contribution < 1.29 is 0 Å². The molecule has 4 aromatic carbocycles. The normalized spacial score (nSPS) is 20.1. The predicted molar refractivity (Wildman–Crippen MR) is 209 cm³/mol. The Hall–Kier alpha value is -3.90. The zero-order valence-corrected chi connectivity index (χ0v) is 31.5. The van der Waals surface area contributed by atoms with Crippen molar-refractivity contribution in [1.29, 1.82) is 0 Å². The lowest BCUT2D eigenvalue weighted by Gasteiger charge is -2.44. The maximum Gasteiger partial charge on any atom is -0.000708 e. The van der Waals surface area contributed by atoms with E-state index in [9.17, 15) is 0 Å². The third-order valence-electron chi connectivity index (χ3n) is 12.8. The van der Waals surface area contributed by atoms with E-state index in [1.807, 2.05) is 0 Å². The topological polar surface area (TPSA) is 0 Å². The third-order valence-corrected chi connectivity index (χ3v) is 12.8. The van der Waals surface area contributed by atoms with Gasteiger partial charge in [-0.15, -0.1) is 0 Å². The average Bonchev–Trinajstić information content (AvgIpc) is 3.71. The van der Waals surface area contributed by atoms with Crippen LogP contribution in [0.2, 0.25) is 0 Å². The van der Waals surface area contributed by atoms with Gasteiger partial charge in [-0.25, -0.2) is 0 Å². The van der Waals surface area contributed by atoms with Crippen LogP contribution >= 0.6 is 0 Å². The Morgan fingerprint density at radius 3 is 1.65 bits per heavy atom. The van der Waals surface area contributed by atoms with Gasteiger partial charge in [0.25, 0.3) is 0 Å². The summed E-state index contributed by atoms with van der Waals surface area (Å²) in [6, 6.07) is 23.8. The molecular weight excluding hydrogens is 589 g/mol. The lowest BCUT2D eigenvalue weighted by atomic mass is 9.59. The highest BCUT2D eigenvalue weighted by Gasteiger charge is 2.43. The molecule has 8 rings (SSSR count). The number of benzene rings is 4. The van der Waals surface area contributed by atoms with Crippen molar-refractivity contribution in [2.24, 2.45) is 0 Å². The van der Waals surface area contributed by atoms with Gasteiger partial charge in [-0.1, -0.05) is 133 Å². The largest absolute Gasteiger partial charge is 0.0801 e. The summed E-state index contributed by atoms with van der Waals surface area (Å²) >= 11 is 0. The van der Waals surface area contributed by atoms with E-state index >= 15 is 0 Å². The van der Waals surface area contributed by atoms with E-state index in [-0.39, 0.29) is 21.7 Å². The summed E-state index contributed by atoms with van der Waals surface area (Å²) in [5, 5.41) is 5.49. The summed E-state index contributed by atoms with van der Waals surface area (Å²) in [5.41, 5.74) is 17.2. The van der Waals surface area contributed by atoms with Crippen molar-refractivity contribution in [3.63, 3.8) is 0 Å². The molecule has 1 radical (unpaired) electrons. The molecule has 4 aliphatic carbocycles. The van der Waals surface area contributed by atoms with Crippen LogP contribution in [0.4, 0.5) is 0 Å². The minimum Gasteiger partial charge on any atom is -0.0801 e. The Labute approximate surface area is 294 Å². The Kier molecular flexibility index (Phi) is 7.12. The van der Waals surface area contributed by atoms with Crippen LogP contribution < -0.4 is 10.4 Å². The molecule has 4 aliphatic rings. The van der Waals surface area contributed by atoms with Crippen LogP contribution in [-0.4, -0.2) is 0 Å². The Morgan fingerprint density at radius 1 is 0.612 bits per heavy atom. The van der Waals surface area contributed by atoms with Gasteiger partial charge in [0.2, 0.25) is 0 Å². The van der Waals surface area contributed by atoms with Crippen LogP contribution in [0.15, 0.2) is 78.9 Å². The number of aryl methyl sites for hydroxylation is 2. The van der Waals surface area contributed by atoms with Crippen LogP contribution in [-0.2, 0) is 21.7 Å². The van der Waals surface area contributed by atoms with Gasteiger partial charge in [-0.2, -0.15) is 0 Å². The molecule has 0 amide bonds. The first-order valence-electron chi connectivity index (χ1n) is 18.7. The summed E-state index contributed by atoms with van der Waals surface area (Å²) in [7, 11) is 0. The highest BCUT2D eigenvalue weighted by Crippen LogP contribution is 2.50. The molecule has 0 bridgehead atoms. The van der Waals surface area contributed by atoms with Gasteiger partial charge in [0.15, 0.2) is 0 Å². The molecule has 0 aromatic heterocycles. The first-order chi connectivity index (χ1) is 23.1. The van der Waals surface area contributed by atoms with Crippen LogP contribution in [0.3, 0.4) is 0 Å². The van der Waals surface area contributed by atoms with Crippen molar-refractivity contribution in [3.05, 3.63) is 155 Å². The molecule has 0 N–H and O–H groups in total. The summed E-state index contributed by atoms with van der Waals surface area (Å²) in [6.45, 7) is 24.3. The second-order valence-corrected chi connectivity index (χ2v) is 18.3. The van der Waals surface area contributed by atoms with Crippen molar-refractivity contribution in [2.75, 3.05) is 0 Å². The molecule has 0 fully saturated rings. The SMILES string of the molecule is Cc1ccc(C(c2ccc(C)cc2)=c2c3c(c(C4=CC=CC4)c4c2=c2cc5c(cc2=[C]4)C(C)(C)CCC5(C)C)C(C)(C)CCC3(C)C)cc1. The lowest BCUT2D eigenvalue weighted by Crippen LogP contribution is -2.41. The molecule has 0 spiro atoms. The molecule has 49 heavy (non-hydrogen) atoms. The third kappa shape index (κ3) is 4.99. The summed E-state index contributed by atoms with van der Waals surface area (Å²) < 4.78 is 0. The monoisotopic (exact) mass is 641 g/mol. The van der Waals surface area contributed by atoms with Gasteiger partial charge in [0.1, 0.15) is 0 Å². The summed E-state index contributed by atoms with van der Waals surface area (Å²) in [5.74, 6) is 0. The Balaban J connectivity index is 1.73.